The van der Waals surface area contributed by atoms with Crippen molar-refractivity contribution in [2.75, 3.05) is 11.4 Å². The van der Waals surface area contributed by atoms with Gasteiger partial charge in [-0.25, -0.2) is 0 Å². The first-order valence-corrected chi connectivity index (χ1v) is 9.82. The largest absolute Gasteiger partial charge is 0.508 e. The van der Waals surface area contributed by atoms with Crippen molar-refractivity contribution in [3.63, 3.8) is 0 Å². The maximum Gasteiger partial charge on any atom is 0.270 e. The molecule has 1 unspecified atom stereocenters. The van der Waals surface area contributed by atoms with Crippen molar-refractivity contribution in [1.29, 1.82) is 0 Å². The van der Waals surface area contributed by atoms with Crippen LogP contribution in [0.4, 0.5) is 11.4 Å². The molecule has 1 aliphatic heterocycles. The van der Waals surface area contributed by atoms with Crippen LogP contribution >= 0.6 is 15.9 Å². The maximum absolute atomic E-state index is 11.3. The Morgan fingerprint density at radius 2 is 1.86 bits per heavy atom. The van der Waals surface area contributed by atoms with E-state index in [2.05, 4.69) is 33.0 Å². The molecule has 1 aliphatic rings. The van der Waals surface area contributed by atoms with E-state index in [1.54, 1.807) is 0 Å². The predicted molar refractivity (Wildman–Crippen MR) is 113 cm³/mol. The van der Waals surface area contributed by atoms with Crippen LogP contribution in [0.25, 0.3) is 0 Å². The topological polar surface area (TPSA) is 66.6 Å². The molecule has 3 aromatic carbocycles. The summed E-state index contributed by atoms with van der Waals surface area (Å²) in [4.78, 5) is 13.1. The molecule has 0 bridgehead atoms. The Morgan fingerprint density at radius 3 is 2.57 bits per heavy atom. The van der Waals surface area contributed by atoms with Gasteiger partial charge in [-0.1, -0.05) is 45.8 Å². The summed E-state index contributed by atoms with van der Waals surface area (Å²) in [5.41, 5.74) is 4.93. The number of phenolic OH excluding ortho intramolecular Hbond substituents is 1. The highest BCUT2D eigenvalue weighted by molar-refractivity contribution is 9.10. The first kappa shape index (κ1) is 18.5. The van der Waals surface area contributed by atoms with E-state index in [1.165, 1.54) is 23.8 Å². The normalized spacial score (nSPS) is 14.0. The smallest absolute Gasteiger partial charge is 0.270 e. The highest BCUT2D eigenvalue weighted by Crippen LogP contribution is 2.43. The van der Waals surface area contributed by atoms with E-state index in [0.717, 1.165) is 34.3 Å². The zero-order chi connectivity index (χ0) is 19.8. The van der Waals surface area contributed by atoms with Crippen LogP contribution in [0.3, 0.4) is 0 Å². The second-order valence-corrected chi connectivity index (χ2v) is 7.95. The predicted octanol–water partition coefficient (Wildman–Crippen LogP) is 5.52. The van der Waals surface area contributed by atoms with E-state index in [4.69, 9.17) is 0 Å². The monoisotopic (exact) mass is 438 g/mol. The fourth-order valence-electron chi connectivity index (χ4n) is 3.81. The van der Waals surface area contributed by atoms with Gasteiger partial charge < -0.3 is 10.0 Å². The van der Waals surface area contributed by atoms with Crippen LogP contribution in [0.15, 0.2) is 65.1 Å². The van der Waals surface area contributed by atoms with Crippen LogP contribution < -0.4 is 4.90 Å². The number of halogens is 1. The molecule has 142 valence electrons. The fraction of sp³-hybridized carbons (Fsp3) is 0.182. The number of aromatic hydroxyl groups is 1. The molecule has 28 heavy (non-hydrogen) atoms. The van der Waals surface area contributed by atoms with Crippen molar-refractivity contribution >= 4 is 27.3 Å². The molecule has 0 fully saturated rings. The van der Waals surface area contributed by atoms with E-state index >= 15 is 0 Å². The molecule has 1 N–H and O–H groups in total. The van der Waals surface area contributed by atoms with Crippen molar-refractivity contribution in [3.05, 3.63) is 97.5 Å². The fourth-order valence-corrected chi connectivity index (χ4v) is 4.22. The number of benzene rings is 3. The third-order valence-corrected chi connectivity index (χ3v) is 5.69. The summed E-state index contributed by atoms with van der Waals surface area (Å²) >= 11 is 3.52. The minimum absolute atomic E-state index is 0.0276. The number of nitro groups is 1. The van der Waals surface area contributed by atoms with E-state index in [9.17, 15) is 15.2 Å². The summed E-state index contributed by atoms with van der Waals surface area (Å²) < 4.78 is 1.03. The van der Waals surface area contributed by atoms with Crippen molar-refractivity contribution in [1.82, 2.24) is 0 Å². The number of nitrogens with zero attached hydrogens (tertiary/aromatic N) is 2. The summed E-state index contributed by atoms with van der Waals surface area (Å²) in [6.45, 7) is 2.79. The molecule has 0 amide bonds. The Morgan fingerprint density at radius 1 is 1.11 bits per heavy atom. The number of hydrogen-bond donors (Lipinski definition) is 1. The molecule has 0 radical (unpaired) electrons. The zero-order valence-corrected chi connectivity index (χ0v) is 16.9. The Balaban J connectivity index is 1.89. The number of phenols is 1. The maximum atomic E-state index is 11.3. The Hall–Kier alpha value is -2.86. The molecule has 5 nitrogen and oxygen atoms in total. The molecule has 1 atom stereocenters. The van der Waals surface area contributed by atoms with Crippen molar-refractivity contribution in [2.24, 2.45) is 0 Å². The van der Waals surface area contributed by atoms with Gasteiger partial charge >= 0.3 is 0 Å². The zero-order valence-electron chi connectivity index (χ0n) is 15.3. The summed E-state index contributed by atoms with van der Waals surface area (Å²) in [7, 11) is 0. The first-order chi connectivity index (χ1) is 13.4. The molecule has 4 rings (SSSR count). The summed E-state index contributed by atoms with van der Waals surface area (Å²) in [6, 6.07) is 18.2. The third-order valence-electron chi connectivity index (χ3n) is 5.19. The lowest BCUT2D eigenvalue weighted by atomic mass is 9.95. The van der Waals surface area contributed by atoms with Crippen LogP contribution in [-0.2, 0) is 6.42 Å². The molecule has 0 saturated heterocycles. The van der Waals surface area contributed by atoms with Gasteiger partial charge in [-0.05, 0) is 48.7 Å². The summed E-state index contributed by atoms with van der Waals surface area (Å²) in [5, 5.41) is 21.9. The number of rotatable bonds is 4. The molecule has 0 aliphatic carbocycles. The second kappa shape index (κ2) is 7.28. The van der Waals surface area contributed by atoms with Crippen LogP contribution in [0, 0.1) is 17.0 Å². The molecular weight excluding hydrogens is 420 g/mol. The van der Waals surface area contributed by atoms with Gasteiger partial charge in [0, 0.05) is 34.4 Å². The van der Waals surface area contributed by atoms with Gasteiger partial charge in [0.15, 0.2) is 0 Å². The van der Waals surface area contributed by atoms with E-state index in [-0.39, 0.29) is 17.5 Å². The summed E-state index contributed by atoms with van der Waals surface area (Å²) in [5.74, 6) is 0.0572. The standard InChI is InChI=1S/C22H19BrN2O3/c1-14-2-4-15(5-3-14)22(19-13-18(25(27)28)7-9-21(19)26)24-11-10-16-12-17(23)6-8-20(16)24/h2-9,12-13,22,26H,10-11H2,1H3. The Kier molecular flexibility index (Phi) is 4.81. The van der Waals surface area contributed by atoms with Crippen LogP contribution in [0.2, 0.25) is 0 Å². The van der Waals surface area contributed by atoms with Gasteiger partial charge in [0.05, 0.1) is 11.0 Å². The molecule has 0 aromatic heterocycles. The number of nitro benzene ring substituents is 1. The minimum Gasteiger partial charge on any atom is -0.508 e. The van der Waals surface area contributed by atoms with Crippen LogP contribution in [-0.4, -0.2) is 16.6 Å². The van der Waals surface area contributed by atoms with Crippen molar-refractivity contribution < 1.29 is 10.0 Å². The minimum atomic E-state index is -0.426. The van der Waals surface area contributed by atoms with Gasteiger partial charge in [-0.3, -0.25) is 10.1 Å². The van der Waals surface area contributed by atoms with E-state index in [1.807, 2.05) is 37.3 Å². The van der Waals surface area contributed by atoms with Crippen molar-refractivity contribution in [2.45, 2.75) is 19.4 Å². The number of hydrogen-bond acceptors (Lipinski definition) is 4. The Labute approximate surface area is 171 Å². The Bertz CT molecular complexity index is 1050. The van der Waals surface area contributed by atoms with Gasteiger partial charge in [0.25, 0.3) is 5.69 Å². The molecule has 3 aromatic rings. The average Bonchev–Trinajstić information content (AvgIpc) is 3.07. The van der Waals surface area contributed by atoms with Gasteiger partial charge in [-0.2, -0.15) is 0 Å². The highest BCUT2D eigenvalue weighted by atomic mass is 79.9. The lowest BCUT2D eigenvalue weighted by molar-refractivity contribution is -0.384. The number of fused-ring (bicyclic) bond motifs is 1. The number of anilines is 1. The SMILES string of the molecule is Cc1ccc(C(c2cc([N+](=O)[O-])ccc2O)N2CCc3cc(Br)ccc32)cc1. The van der Waals surface area contributed by atoms with Gasteiger partial charge in [0.1, 0.15) is 5.75 Å². The van der Waals surface area contributed by atoms with E-state index < -0.39 is 4.92 Å². The van der Waals surface area contributed by atoms with Crippen LogP contribution in [0.5, 0.6) is 5.75 Å². The highest BCUT2D eigenvalue weighted by Gasteiger charge is 2.31. The first-order valence-electron chi connectivity index (χ1n) is 9.03. The van der Waals surface area contributed by atoms with Gasteiger partial charge in [0.2, 0.25) is 0 Å². The van der Waals surface area contributed by atoms with Crippen molar-refractivity contribution in [3.8, 4) is 5.75 Å². The lowest BCUT2D eigenvalue weighted by Gasteiger charge is -2.32. The average molecular weight is 439 g/mol. The van der Waals surface area contributed by atoms with E-state index in [0.29, 0.717) is 5.56 Å². The molecule has 1 heterocycles. The van der Waals surface area contributed by atoms with Crippen LogP contribution in [0.1, 0.15) is 28.3 Å². The van der Waals surface area contributed by atoms with Gasteiger partial charge in [-0.15, -0.1) is 0 Å². The second-order valence-electron chi connectivity index (χ2n) is 7.03. The number of aryl methyl sites for hydroxylation is 1. The third kappa shape index (κ3) is 3.36. The molecule has 0 saturated carbocycles. The molecular formula is C22H19BrN2O3. The summed E-state index contributed by atoms with van der Waals surface area (Å²) in [6.07, 6.45) is 0.882. The lowest BCUT2D eigenvalue weighted by Crippen LogP contribution is -2.28. The molecule has 0 spiro atoms. The molecule has 6 heteroatoms. The number of non-ortho nitro benzene ring substituents is 1. The quantitative estimate of drug-likeness (QED) is 0.429.